The molecule has 0 N–H and O–H groups in total. The van der Waals surface area contributed by atoms with Crippen molar-refractivity contribution in [2.45, 2.75) is 25.7 Å². The van der Waals surface area contributed by atoms with Crippen molar-refractivity contribution in [3.05, 3.63) is 76.2 Å². The lowest BCUT2D eigenvalue weighted by atomic mass is 9.96. The van der Waals surface area contributed by atoms with Gasteiger partial charge in [-0.25, -0.2) is 14.0 Å². The monoisotopic (exact) mass is 377 g/mol. The molecule has 1 fully saturated rings. The van der Waals surface area contributed by atoms with E-state index in [0.717, 1.165) is 24.1 Å². The minimum absolute atomic E-state index is 0.00350. The quantitative estimate of drug-likeness (QED) is 0.702. The van der Waals surface area contributed by atoms with Crippen molar-refractivity contribution in [2.24, 2.45) is 7.05 Å². The van der Waals surface area contributed by atoms with E-state index in [1.165, 1.54) is 4.68 Å². The lowest BCUT2D eigenvalue weighted by Crippen LogP contribution is -2.40. The van der Waals surface area contributed by atoms with E-state index >= 15 is 0 Å². The largest absolute Gasteiger partial charge is 0.350 e. The molecule has 0 radical (unpaired) electrons. The number of aryl methyl sites for hydroxylation is 2. The molecule has 0 unspecified atom stereocenters. The van der Waals surface area contributed by atoms with Gasteiger partial charge in [0, 0.05) is 38.4 Å². The average molecular weight is 377 g/mol. The Kier molecular flexibility index (Phi) is 4.81. The van der Waals surface area contributed by atoms with Crippen molar-refractivity contribution in [2.75, 3.05) is 13.1 Å². The highest BCUT2D eigenvalue weighted by atomic mass is 16.2. The Morgan fingerprint density at radius 2 is 1.96 bits per heavy atom. The van der Waals surface area contributed by atoms with E-state index in [4.69, 9.17) is 0 Å². The van der Waals surface area contributed by atoms with Crippen LogP contribution in [-0.4, -0.2) is 43.2 Å². The molecule has 0 bridgehead atoms. The van der Waals surface area contributed by atoms with Gasteiger partial charge in [0.25, 0.3) is 5.91 Å². The number of likely N-dealkylation sites (tertiary alicyclic amines) is 1. The normalized spacial score (nSPS) is 16.9. The van der Waals surface area contributed by atoms with Crippen molar-refractivity contribution in [1.82, 2.24) is 24.2 Å². The maximum Gasteiger partial charge on any atom is 0.350 e. The van der Waals surface area contributed by atoms with E-state index in [2.05, 4.69) is 10.1 Å². The number of amides is 1. The molecule has 1 saturated heterocycles. The zero-order valence-corrected chi connectivity index (χ0v) is 16.1. The highest BCUT2D eigenvalue weighted by molar-refractivity contribution is 5.95. The summed E-state index contributed by atoms with van der Waals surface area (Å²) in [7, 11) is 1.66. The predicted octanol–water partition coefficient (Wildman–Crippen LogP) is 2.29. The Bertz CT molecular complexity index is 1050. The Hall–Kier alpha value is -3.22. The van der Waals surface area contributed by atoms with E-state index in [9.17, 15) is 9.59 Å². The molecular formula is C21H23N5O2. The molecule has 1 atom stereocenters. The van der Waals surface area contributed by atoms with Gasteiger partial charge in [-0.05, 0) is 43.5 Å². The van der Waals surface area contributed by atoms with Gasteiger partial charge in [-0.3, -0.25) is 9.78 Å². The third-order valence-electron chi connectivity index (χ3n) is 5.31. The van der Waals surface area contributed by atoms with Crippen molar-refractivity contribution >= 4 is 5.91 Å². The molecule has 1 aliphatic heterocycles. The molecule has 7 nitrogen and oxygen atoms in total. The summed E-state index contributed by atoms with van der Waals surface area (Å²) in [6, 6.07) is 11.4. The van der Waals surface area contributed by atoms with Crippen molar-refractivity contribution in [3.8, 4) is 5.69 Å². The molecule has 3 heterocycles. The van der Waals surface area contributed by atoms with Crippen LogP contribution in [0.3, 0.4) is 0 Å². The number of piperidine rings is 1. The van der Waals surface area contributed by atoms with Gasteiger partial charge in [0.1, 0.15) is 5.82 Å². The van der Waals surface area contributed by atoms with Crippen LogP contribution in [0.2, 0.25) is 0 Å². The topological polar surface area (TPSA) is 73.0 Å². The second-order valence-electron chi connectivity index (χ2n) is 7.22. The smallest absolute Gasteiger partial charge is 0.338 e. The van der Waals surface area contributed by atoms with E-state index in [1.807, 2.05) is 48.2 Å². The summed E-state index contributed by atoms with van der Waals surface area (Å²) >= 11 is 0. The lowest BCUT2D eigenvalue weighted by Gasteiger charge is -2.32. The molecule has 2 aromatic heterocycles. The van der Waals surface area contributed by atoms with Gasteiger partial charge in [0.05, 0.1) is 11.3 Å². The summed E-state index contributed by atoms with van der Waals surface area (Å²) in [5, 5.41) is 4.51. The second kappa shape index (κ2) is 7.42. The van der Waals surface area contributed by atoms with Crippen molar-refractivity contribution in [3.63, 3.8) is 0 Å². The van der Waals surface area contributed by atoms with Crippen LogP contribution in [0.15, 0.2) is 53.6 Å². The first kappa shape index (κ1) is 18.2. The van der Waals surface area contributed by atoms with E-state index in [-0.39, 0.29) is 17.5 Å². The zero-order chi connectivity index (χ0) is 19.7. The molecule has 4 rings (SSSR count). The number of para-hydroxylation sites is 1. The molecule has 0 saturated carbocycles. The standard InChI is InChI=1S/C21H23N5O2/c1-15-10-11-22-13-18(15)20(27)25-12-6-7-16(14-25)19-23-24(2)21(28)26(19)17-8-4-3-5-9-17/h3-5,8-11,13,16H,6-7,12,14H2,1-2H3/t16-/m0/s1. The Labute approximate surface area is 163 Å². The maximum absolute atomic E-state index is 13.0. The van der Waals surface area contributed by atoms with Crippen LogP contribution in [0, 0.1) is 6.92 Å². The number of nitrogens with zero attached hydrogens (tertiary/aromatic N) is 5. The van der Waals surface area contributed by atoms with Crippen molar-refractivity contribution < 1.29 is 4.79 Å². The van der Waals surface area contributed by atoms with Gasteiger partial charge in [-0.1, -0.05) is 18.2 Å². The summed E-state index contributed by atoms with van der Waals surface area (Å²) in [6.07, 6.45) is 5.08. The fourth-order valence-corrected chi connectivity index (χ4v) is 3.80. The van der Waals surface area contributed by atoms with Gasteiger partial charge in [-0.2, -0.15) is 5.10 Å². The Morgan fingerprint density at radius 3 is 2.71 bits per heavy atom. The highest BCUT2D eigenvalue weighted by Gasteiger charge is 2.30. The van der Waals surface area contributed by atoms with Gasteiger partial charge in [0.2, 0.25) is 0 Å². The summed E-state index contributed by atoms with van der Waals surface area (Å²) in [5.41, 5.74) is 2.17. The number of carbonyl (C=O) groups is 1. The summed E-state index contributed by atoms with van der Waals surface area (Å²) in [5.74, 6) is 0.697. The van der Waals surface area contributed by atoms with Crippen LogP contribution in [0.4, 0.5) is 0 Å². The first-order valence-corrected chi connectivity index (χ1v) is 9.47. The number of pyridine rings is 1. The van der Waals surface area contributed by atoms with E-state index in [0.29, 0.717) is 24.5 Å². The average Bonchev–Trinajstić information content (AvgIpc) is 3.03. The molecule has 0 spiro atoms. The first-order valence-electron chi connectivity index (χ1n) is 9.47. The summed E-state index contributed by atoms with van der Waals surface area (Å²) in [4.78, 5) is 31.7. The minimum atomic E-state index is -0.173. The number of hydrogen-bond donors (Lipinski definition) is 0. The maximum atomic E-state index is 13.0. The second-order valence-corrected chi connectivity index (χ2v) is 7.22. The number of aromatic nitrogens is 4. The minimum Gasteiger partial charge on any atom is -0.338 e. The number of carbonyl (C=O) groups excluding carboxylic acids is 1. The van der Waals surface area contributed by atoms with Crippen LogP contribution in [0.1, 0.15) is 40.5 Å². The third-order valence-corrected chi connectivity index (χ3v) is 5.31. The fraction of sp³-hybridized carbons (Fsp3) is 0.333. The molecular weight excluding hydrogens is 354 g/mol. The molecule has 144 valence electrons. The summed E-state index contributed by atoms with van der Waals surface area (Å²) < 4.78 is 3.03. The molecule has 1 aromatic carbocycles. The molecule has 28 heavy (non-hydrogen) atoms. The Balaban J connectivity index is 1.66. The zero-order valence-electron chi connectivity index (χ0n) is 16.1. The molecule has 0 aliphatic carbocycles. The fourth-order valence-electron chi connectivity index (χ4n) is 3.80. The van der Waals surface area contributed by atoms with Crippen LogP contribution in [0.25, 0.3) is 5.69 Å². The predicted molar refractivity (Wildman–Crippen MR) is 106 cm³/mol. The number of hydrogen-bond acceptors (Lipinski definition) is 4. The van der Waals surface area contributed by atoms with Crippen LogP contribution in [0.5, 0.6) is 0 Å². The molecule has 1 amide bonds. The highest BCUT2D eigenvalue weighted by Crippen LogP contribution is 2.27. The molecule has 1 aliphatic rings. The number of rotatable bonds is 3. The summed E-state index contributed by atoms with van der Waals surface area (Å²) in [6.45, 7) is 3.16. The van der Waals surface area contributed by atoms with Crippen LogP contribution in [-0.2, 0) is 7.05 Å². The van der Waals surface area contributed by atoms with Gasteiger partial charge in [-0.15, -0.1) is 0 Å². The third kappa shape index (κ3) is 3.24. The van der Waals surface area contributed by atoms with Gasteiger partial charge >= 0.3 is 5.69 Å². The van der Waals surface area contributed by atoms with Gasteiger partial charge < -0.3 is 4.90 Å². The first-order chi connectivity index (χ1) is 13.6. The van der Waals surface area contributed by atoms with E-state index in [1.54, 1.807) is 24.0 Å². The van der Waals surface area contributed by atoms with Crippen LogP contribution >= 0.6 is 0 Å². The molecule has 7 heteroatoms. The number of benzene rings is 1. The van der Waals surface area contributed by atoms with Crippen molar-refractivity contribution in [1.29, 1.82) is 0 Å². The van der Waals surface area contributed by atoms with E-state index < -0.39 is 0 Å². The Morgan fingerprint density at radius 1 is 1.18 bits per heavy atom. The molecule has 3 aromatic rings. The SMILES string of the molecule is Cc1ccncc1C(=O)N1CCC[C@H](c2nn(C)c(=O)n2-c2ccccc2)C1. The van der Waals surface area contributed by atoms with Crippen LogP contribution < -0.4 is 5.69 Å². The lowest BCUT2D eigenvalue weighted by molar-refractivity contribution is 0.0702. The van der Waals surface area contributed by atoms with Gasteiger partial charge in [0.15, 0.2) is 0 Å².